The summed E-state index contributed by atoms with van der Waals surface area (Å²) < 4.78 is 0. The minimum absolute atomic E-state index is 0.0995. The summed E-state index contributed by atoms with van der Waals surface area (Å²) in [7, 11) is 0. The molecule has 0 saturated carbocycles. The van der Waals surface area contributed by atoms with E-state index in [2.05, 4.69) is 0 Å². The highest BCUT2D eigenvalue weighted by molar-refractivity contribution is 5.89. The van der Waals surface area contributed by atoms with E-state index in [0.29, 0.717) is 18.4 Å². The van der Waals surface area contributed by atoms with Crippen molar-refractivity contribution >= 4 is 12.3 Å². The lowest BCUT2D eigenvalue weighted by Crippen LogP contribution is -2.05. The number of carbonyl (C=O) groups is 2. The third-order valence-electron chi connectivity index (χ3n) is 2.44. The van der Waals surface area contributed by atoms with Gasteiger partial charge in [-0.1, -0.05) is 25.1 Å². The summed E-state index contributed by atoms with van der Waals surface area (Å²) >= 11 is 0. The fraction of sp³-hybridized carbons (Fsp3) is 0.333. The van der Waals surface area contributed by atoms with Crippen molar-refractivity contribution in [3.63, 3.8) is 0 Å². The second-order valence-electron chi connectivity index (χ2n) is 3.54. The number of carbonyl (C=O) groups excluding carboxylic acids is 1. The molecule has 1 rings (SSSR count). The van der Waals surface area contributed by atoms with Crippen LogP contribution in [0.5, 0.6) is 0 Å². The summed E-state index contributed by atoms with van der Waals surface area (Å²) in [4.78, 5) is 21.2. The van der Waals surface area contributed by atoms with Crippen LogP contribution in [0.15, 0.2) is 24.3 Å². The minimum atomic E-state index is -0.913. The quantitative estimate of drug-likeness (QED) is 0.753. The van der Waals surface area contributed by atoms with Crippen LogP contribution in [0.25, 0.3) is 0 Å². The highest BCUT2D eigenvalue weighted by atomic mass is 16.4. The predicted octanol–water partition coefficient (Wildman–Crippen LogP) is 2.47. The van der Waals surface area contributed by atoms with Crippen LogP contribution in [0.1, 0.15) is 41.6 Å². The van der Waals surface area contributed by atoms with Gasteiger partial charge in [0.15, 0.2) is 0 Å². The first-order valence-electron chi connectivity index (χ1n) is 4.92. The summed E-state index contributed by atoms with van der Waals surface area (Å²) in [6, 6.07) is 6.92. The van der Waals surface area contributed by atoms with Crippen molar-refractivity contribution in [2.45, 2.75) is 25.7 Å². The van der Waals surface area contributed by atoms with Gasteiger partial charge >= 0.3 is 5.97 Å². The zero-order chi connectivity index (χ0) is 11.3. The normalized spacial score (nSPS) is 12.1. The molecule has 0 heterocycles. The summed E-state index contributed by atoms with van der Waals surface area (Å²) in [6.45, 7) is 1.94. The van der Waals surface area contributed by atoms with E-state index in [1.54, 1.807) is 18.2 Å². The highest BCUT2D eigenvalue weighted by Crippen LogP contribution is 2.23. The van der Waals surface area contributed by atoms with E-state index in [1.165, 1.54) is 0 Å². The Morgan fingerprint density at radius 1 is 1.47 bits per heavy atom. The van der Waals surface area contributed by atoms with Crippen molar-refractivity contribution in [1.29, 1.82) is 0 Å². The second kappa shape index (κ2) is 5.29. The molecule has 0 aliphatic heterocycles. The molecule has 1 N–H and O–H groups in total. The van der Waals surface area contributed by atoms with Crippen molar-refractivity contribution in [2.75, 3.05) is 0 Å². The number of aromatic carboxylic acids is 1. The molecule has 0 fully saturated rings. The summed E-state index contributed by atoms with van der Waals surface area (Å²) in [5.41, 5.74) is 1.13. The van der Waals surface area contributed by atoms with Gasteiger partial charge in [0.1, 0.15) is 6.29 Å². The molecule has 0 unspecified atom stereocenters. The molecule has 0 aliphatic rings. The minimum Gasteiger partial charge on any atom is -0.478 e. The average Bonchev–Trinajstić information content (AvgIpc) is 2.25. The van der Waals surface area contributed by atoms with Gasteiger partial charge in [-0.3, -0.25) is 0 Å². The van der Waals surface area contributed by atoms with Crippen molar-refractivity contribution in [2.24, 2.45) is 0 Å². The summed E-state index contributed by atoms with van der Waals surface area (Å²) in [5.74, 6) is -0.814. The SMILES string of the molecule is C[C@@H](CCC=O)c1ccccc1C(=O)O. The number of hydrogen-bond donors (Lipinski definition) is 1. The molecule has 1 aromatic carbocycles. The molecular weight excluding hydrogens is 192 g/mol. The van der Waals surface area contributed by atoms with Gasteiger partial charge in [0, 0.05) is 6.42 Å². The average molecular weight is 206 g/mol. The Bertz CT molecular complexity index is 358. The maximum absolute atomic E-state index is 10.9. The first-order valence-corrected chi connectivity index (χ1v) is 4.92. The molecule has 0 bridgehead atoms. The Morgan fingerprint density at radius 2 is 2.13 bits per heavy atom. The van der Waals surface area contributed by atoms with Crippen LogP contribution < -0.4 is 0 Å². The highest BCUT2D eigenvalue weighted by Gasteiger charge is 2.14. The maximum atomic E-state index is 10.9. The molecule has 3 heteroatoms. The molecule has 0 radical (unpaired) electrons. The van der Waals surface area contributed by atoms with E-state index < -0.39 is 5.97 Å². The van der Waals surface area contributed by atoms with E-state index in [-0.39, 0.29) is 5.92 Å². The maximum Gasteiger partial charge on any atom is 0.335 e. The van der Waals surface area contributed by atoms with Crippen LogP contribution in [-0.2, 0) is 4.79 Å². The molecule has 3 nitrogen and oxygen atoms in total. The first-order chi connectivity index (χ1) is 7.16. The fourth-order valence-electron chi connectivity index (χ4n) is 1.60. The Hall–Kier alpha value is -1.64. The predicted molar refractivity (Wildman–Crippen MR) is 57.1 cm³/mol. The van der Waals surface area contributed by atoms with Crippen molar-refractivity contribution in [3.05, 3.63) is 35.4 Å². The van der Waals surface area contributed by atoms with Crippen molar-refractivity contribution in [1.82, 2.24) is 0 Å². The van der Waals surface area contributed by atoms with Gasteiger partial charge in [0.05, 0.1) is 5.56 Å². The number of rotatable bonds is 5. The van der Waals surface area contributed by atoms with Gasteiger partial charge in [0.2, 0.25) is 0 Å². The van der Waals surface area contributed by atoms with Gasteiger partial charge in [-0.2, -0.15) is 0 Å². The Labute approximate surface area is 88.7 Å². The van der Waals surface area contributed by atoms with Gasteiger partial charge in [0.25, 0.3) is 0 Å². The molecule has 0 aliphatic carbocycles. The molecule has 1 atom stereocenters. The molecule has 0 saturated heterocycles. The molecule has 0 aromatic heterocycles. The lowest BCUT2D eigenvalue weighted by Gasteiger charge is -2.12. The van der Waals surface area contributed by atoms with E-state index in [9.17, 15) is 9.59 Å². The van der Waals surface area contributed by atoms with Crippen LogP contribution in [0.3, 0.4) is 0 Å². The van der Waals surface area contributed by atoms with Gasteiger partial charge < -0.3 is 9.90 Å². The monoisotopic (exact) mass is 206 g/mol. The largest absolute Gasteiger partial charge is 0.478 e. The van der Waals surface area contributed by atoms with E-state index in [1.807, 2.05) is 13.0 Å². The third-order valence-corrected chi connectivity index (χ3v) is 2.44. The van der Waals surface area contributed by atoms with Crippen LogP contribution >= 0.6 is 0 Å². The topological polar surface area (TPSA) is 54.4 Å². The summed E-state index contributed by atoms with van der Waals surface area (Å²) in [5, 5.41) is 8.97. The molecule has 0 spiro atoms. The van der Waals surface area contributed by atoms with Crippen LogP contribution in [0.2, 0.25) is 0 Å². The standard InChI is InChI=1S/C12H14O3/c1-9(5-4-8-13)10-6-2-3-7-11(10)12(14)15/h2-3,6-9H,4-5H2,1H3,(H,14,15)/t9-/m0/s1. The molecular formula is C12H14O3. The number of carboxylic acids is 1. The van der Waals surface area contributed by atoms with E-state index >= 15 is 0 Å². The number of hydrogen-bond acceptors (Lipinski definition) is 2. The van der Waals surface area contributed by atoms with Gasteiger partial charge in [-0.05, 0) is 24.0 Å². The molecule has 15 heavy (non-hydrogen) atoms. The molecule has 0 amide bonds. The fourth-order valence-corrected chi connectivity index (χ4v) is 1.60. The zero-order valence-corrected chi connectivity index (χ0v) is 8.64. The molecule has 80 valence electrons. The van der Waals surface area contributed by atoms with Crippen LogP contribution in [0.4, 0.5) is 0 Å². The van der Waals surface area contributed by atoms with E-state index in [0.717, 1.165) is 11.8 Å². The lowest BCUT2D eigenvalue weighted by atomic mass is 9.92. The lowest BCUT2D eigenvalue weighted by molar-refractivity contribution is -0.108. The number of carboxylic acid groups (broad SMARTS) is 1. The number of aldehydes is 1. The third kappa shape index (κ3) is 2.91. The second-order valence-corrected chi connectivity index (χ2v) is 3.54. The Balaban J connectivity index is 2.91. The zero-order valence-electron chi connectivity index (χ0n) is 8.64. The van der Waals surface area contributed by atoms with E-state index in [4.69, 9.17) is 5.11 Å². The van der Waals surface area contributed by atoms with Crippen molar-refractivity contribution < 1.29 is 14.7 Å². The Morgan fingerprint density at radius 3 is 2.73 bits per heavy atom. The summed E-state index contributed by atoms with van der Waals surface area (Å²) in [6.07, 6.45) is 2.02. The Kier molecular flexibility index (Phi) is 4.03. The van der Waals surface area contributed by atoms with Crippen LogP contribution in [0, 0.1) is 0 Å². The van der Waals surface area contributed by atoms with Crippen molar-refractivity contribution in [3.8, 4) is 0 Å². The first kappa shape index (κ1) is 11.4. The smallest absolute Gasteiger partial charge is 0.335 e. The van der Waals surface area contributed by atoms with Gasteiger partial charge in [-0.25, -0.2) is 4.79 Å². The number of benzene rings is 1. The van der Waals surface area contributed by atoms with Gasteiger partial charge in [-0.15, -0.1) is 0 Å². The molecule has 1 aromatic rings. The van der Waals surface area contributed by atoms with Crippen LogP contribution in [-0.4, -0.2) is 17.4 Å².